The minimum absolute atomic E-state index is 0.00352. The molecule has 2 aliphatic carbocycles. The van der Waals surface area contributed by atoms with Crippen molar-refractivity contribution in [2.24, 2.45) is 22.2 Å². The van der Waals surface area contributed by atoms with E-state index in [1.54, 1.807) is 0 Å². The highest BCUT2D eigenvalue weighted by molar-refractivity contribution is 8.23. The van der Waals surface area contributed by atoms with Gasteiger partial charge in [-0.2, -0.15) is 0 Å². The molecule has 3 atom stereocenters. The molecule has 3 rings (SSSR count). The van der Waals surface area contributed by atoms with Crippen LogP contribution in [0.3, 0.4) is 0 Å². The normalized spacial score (nSPS) is 35.1. The summed E-state index contributed by atoms with van der Waals surface area (Å²) in [5.41, 5.74) is -0.464. The largest absolute Gasteiger partial charge is 0.479 e. The first-order valence-electron chi connectivity index (χ1n) is 10.8. The fourth-order valence-corrected chi connectivity index (χ4v) is 7.01. The van der Waals surface area contributed by atoms with Gasteiger partial charge in [-0.25, -0.2) is 0 Å². The van der Waals surface area contributed by atoms with E-state index in [-0.39, 0.29) is 22.5 Å². The molecule has 0 bridgehead atoms. The molecule has 0 aromatic rings. The van der Waals surface area contributed by atoms with Gasteiger partial charge in [-0.15, -0.1) is 6.58 Å². The van der Waals surface area contributed by atoms with Crippen molar-refractivity contribution in [1.82, 2.24) is 0 Å². The van der Waals surface area contributed by atoms with Gasteiger partial charge in [0.15, 0.2) is 5.79 Å². The molecule has 0 unspecified atom stereocenters. The third-order valence-electron chi connectivity index (χ3n) is 7.14. The number of ketones is 1. The first-order chi connectivity index (χ1) is 13.6. The number of hydrogen-bond donors (Lipinski definition) is 0. The maximum absolute atomic E-state index is 13.7. The van der Waals surface area contributed by atoms with Crippen LogP contribution >= 0.6 is 24.0 Å². The number of thiocarbonyl (C=S) groups is 1. The molecular weight excluding hydrogens is 404 g/mol. The zero-order valence-electron chi connectivity index (χ0n) is 18.4. The van der Waals surface area contributed by atoms with E-state index in [9.17, 15) is 4.79 Å². The molecule has 1 aliphatic heterocycles. The number of carbonyl (C=O) groups excluding carboxylic acids is 1. The fourth-order valence-electron chi connectivity index (χ4n) is 5.97. The van der Waals surface area contributed by atoms with Crippen molar-refractivity contribution in [2.45, 2.75) is 72.0 Å². The Balaban J connectivity index is 1.91. The van der Waals surface area contributed by atoms with Crippen LogP contribution in [0.1, 0.15) is 66.2 Å². The van der Waals surface area contributed by atoms with Crippen LogP contribution in [0.2, 0.25) is 0 Å². The second-order valence-corrected chi connectivity index (χ2v) is 11.6. The Morgan fingerprint density at radius 3 is 2.52 bits per heavy atom. The van der Waals surface area contributed by atoms with Gasteiger partial charge in [-0.05, 0) is 50.2 Å². The third-order valence-corrected chi connectivity index (χ3v) is 8.37. The van der Waals surface area contributed by atoms with E-state index in [1.807, 2.05) is 13.0 Å². The molecule has 3 fully saturated rings. The van der Waals surface area contributed by atoms with Crippen LogP contribution in [0, 0.1) is 22.2 Å². The standard InChI is InChI=1S/C23H36O4S2/c1-6-9-21(5)10-8-11-22(17(24)14-29-19(28)25-7-2)12-13-23(18(21)22)26-15-20(3,4)16-27-23/h6,18H,1,7-16H2,2-5H3/t18-,21+,22-/m0/s1. The number of hydrogen-bond acceptors (Lipinski definition) is 6. The van der Waals surface area contributed by atoms with Crippen LogP contribution in [0.25, 0.3) is 0 Å². The van der Waals surface area contributed by atoms with Crippen molar-refractivity contribution in [3.8, 4) is 0 Å². The van der Waals surface area contributed by atoms with Crippen LogP contribution in [0.4, 0.5) is 0 Å². The summed E-state index contributed by atoms with van der Waals surface area (Å²) < 4.78 is 18.9. The SMILES string of the molecule is C=CC[C@]1(C)CCC[C@@]2(C(=O)CSC(=S)OCC)CCC3(OCC(C)(C)CO3)[C@@H]12. The molecular formula is C23H36O4S2. The monoisotopic (exact) mass is 440 g/mol. The van der Waals surface area contributed by atoms with Gasteiger partial charge in [-0.1, -0.05) is 45.0 Å². The maximum atomic E-state index is 13.7. The van der Waals surface area contributed by atoms with E-state index in [0.29, 0.717) is 30.0 Å². The average Bonchev–Trinajstić information content (AvgIpc) is 3.00. The third kappa shape index (κ3) is 4.32. The van der Waals surface area contributed by atoms with Gasteiger partial charge in [0.2, 0.25) is 4.38 Å². The first-order valence-corrected chi connectivity index (χ1v) is 12.2. The number of rotatable bonds is 6. The second kappa shape index (κ2) is 8.60. The van der Waals surface area contributed by atoms with E-state index < -0.39 is 11.2 Å². The fraction of sp³-hybridized carbons (Fsp3) is 0.826. The van der Waals surface area contributed by atoms with Gasteiger partial charge < -0.3 is 14.2 Å². The number of ether oxygens (including phenoxy) is 3. The van der Waals surface area contributed by atoms with Crippen molar-refractivity contribution in [2.75, 3.05) is 25.6 Å². The van der Waals surface area contributed by atoms with E-state index >= 15 is 0 Å². The molecule has 164 valence electrons. The Labute approximate surface area is 185 Å². The summed E-state index contributed by atoms with van der Waals surface area (Å²) in [7, 11) is 0. The van der Waals surface area contributed by atoms with E-state index in [2.05, 4.69) is 27.4 Å². The molecule has 0 N–H and O–H groups in total. The van der Waals surface area contributed by atoms with Crippen molar-refractivity contribution < 1.29 is 19.0 Å². The lowest BCUT2D eigenvalue weighted by atomic mass is 9.53. The van der Waals surface area contributed by atoms with Gasteiger partial charge in [0.05, 0.1) is 25.6 Å². The number of allylic oxidation sites excluding steroid dienone is 1. The van der Waals surface area contributed by atoms with E-state index in [4.69, 9.17) is 26.4 Å². The molecule has 4 nitrogen and oxygen atoms in total. The molecule has 1 heterocycles. The molecule has 2 saturated carbocycles. The Morgan fingerprint density at radius 2 is 1.90 bits per heavy atom. The number of fused-ring (bicyclic) bond motifs is 2. The Bertz CT molecular complexity index is 651. The van der Waals surface area contributed by atoms with Gasteiger partial charge in [-0.3, -0.25) is 4.79 Å². The average molecular weight is 441 g/mol. The van der Waals surface area contributed by atoms with Gasteiger partial charge >= 0.3 is 0 Å². The predicted molar refractivity (Wildman–Crippen MR) is 122 cm³/mol. The summed E-state index contributed by atoms with van der Waals surface area (Å²) in [6.45, 7) is 14.4. The molecule has 1 saturated heterocycles. The topological polar surface area (TPSA) is 44.8 Å². The van der Waals surface area contributed by atoms with Crippen LogP contribution in [-0.4, -0.2) is 41.5 Å². The smallest absolute Gasteiger partial charge is 0.220 e. The summed E-state index contributed by atoms with van der Waals surface area (Å²) in [4.78, 5) is 13.7. The minimum atomic E-state index is -0.658. The summed E-state index contributed by atoms with van der Waals surface area (Å²) in [6, 6.07) is 0. The van der Waals surface area contributed by atoms with Crippen molar-refractivity contribution in [1.29, 1.82) is 0 Å². The maximum Gasteiger partial charge on any atom is 0.220 e. The summed E-state index contributed by atoms with van der Waals surface area (Å²) in [6.07, 6.45) is 7.50. The van der Waals surface area contributed by atoms with Crippen LogP contribution in [0.5, 0.6) is 0 Å². The summed E-state index contributed by atoms with van der Waals surface area (Å²) in [5.74, 6) is 0.0211. The van der Waals surface area contributed by atoms with Crippen LogP contribution in [-0.2, 0) is 19.0 Å². The highest BCUT2D eigenvalue weighted by Crippen LogP contribution is 2.67. The van der Waals surface area contributed by atoms with Gasteiger partial charge in [0.25, 0.3) is 0 Å². The second-order valence-electron chi connectivity index (χ2n) is 10.0. The van der Waals surface area contributed by atoms with Crippen molar-refractivity contribution in [3.63, 3.8) is 0 Å². The Morgan fingerprint density at radius 1 is 1.21 bits per heavy atom. The van der Waals surface area contributed by atoms with E-state index in [1.165, 1.54) is 11.8 Å². The lowest BCUT2D eigenvalue weighted by Crippen LogP contribution is -2.60. The molecule has 0 amide bonds. The molecule has 29 heavy (non-hydrogen) atoms. The van der Waals surface area contributed by atoms with E-state index in [0.717, 1.165) is 38.5 Å². The van der Waals surface area contributed by atoms with Gasteiger partial charge in [0.1, 0.15) is 5.78 Å². The zero-order chi connectivity index (χ0) is 21.3. The molecule has 1 spiro atoms. The Hall–Kier alpha value is -0.430. The van der Waals surface area contributed by atoms with Crippen LogP contribution in [0.15, 0.2) is 12.7 Å². The number of thioether (sulfide) groups is 1. The summed E-state index contributed by atoms with van der Waals surface area (Å²) >= 11 is 6.60. The molecule has 0 aromatic heterocycles. The molecule has 0 aromatic carbocycles. The zero-order valence-corrected chi connectivity index (χ0v) is 20.0. The van der Waals surface area contributed by atoms with Crippen molar-refractivity contribution >= 4 is 34.1 Å². The Kier molecular flexibility index (Phi) is 6.89. The van der Waals surface area contributed by atoms with Gasteiger partial charge in [0, 0.05) is 23.2 Å². The minimum Gasteiger partial charge on any atom is -0.479 e. The lowest BCUT2D eigenvalue weighted by molar-refractivity contribution is -0.336. The number of carbonyl (C=O) groups is 1. The van der Waals surface area contributed by atoms with Crippen LogP contribution < -0.4 is 0 Å². The summed E-state index contributed by atoms with van der Waals surface area (Å²) in [5, 5.41) is 0. The quantitative estimate of drug-likeness (QED) is 0.399. The highest BCUT2D eigenvalue weighted by atomic mass is 32.2. The van der Waals surface area contributed by atoms with Crippen molar-refractivity contribution in [3.05, 3.63) is 12.7 Å². The first kappa shape index (κ1) is 23.2. The predicted octanol–water partition coefficient (Wildman–Crippen LogP) is 5.54. The molecule has 6 heteroatoms. The molecule has 0 radical (unpaired) electrons. The highest BCUT2D eigenvalue weighted by Gasteiger charge is 2.69. The molecule has 3 aliphatic rings. The lowest BCUT2D eigenvalue weighted by Gasteiger charge is -2.56. The number of Topliss-reactive ketones (excluding diaryl/α,β-unsaturated/α-hetero) is 1.